The number of nitrogens with zero attached hydrogens (tertiary/aromatic N) is 1. The van der Waals surface area contributed by atoms with Gasteiger partial charge in [-0.15, -0.1) is 0 Å². The molecule has 0 unspecified atom stereocenters. The summed E-state index contributed by atoms with van der Waals surface area (Å²) in [6.07, 6.45) is 3.65. The van der Waals surface area contributed by atoms with Crippen LogP contribution in [0.4, 0.5) is 4.79 Å². The molecule has 6 heteroatoms. The Bertz CT molecular complexity index is 569. The van der Waals surface area contributed by atoms with Crippen LogP contribution < -0.4 is 5.32 Å². The molecule has 3 heterocycles. The fourth-order valence-corrected chi connectivity index (χ4v) is 3.71. The molecule has 134 valence electrons. The second-order valence-electron chi connectivity index (χ2n) is 7.34. The number of likely N-dealkylation sites (tertiary alicyclic amines) is 1. The third-order valence-electron chi connectivity index (χ3n) is 4.84. The fraction of sp³-hybridized carbons (Fsp3) is 0.722. The molecule has 24 heavy (non-hydrogen) atoms. The number of carbonyl (C=O) groups is 1. The maximum Gasteiger partial charge on any atom is 0.318 e. The van der Waals surface area contributed by atoms with Gasteiger partial charge in [0.05, 0.1) is 11.6 Å². The first kappa shape index (κ1) is 17.3. The number of amides is 2. The highest BCUT2D eigenvalue weighted by Gasteiger charge is 2.35. The first-order chi connectivity index (χ1) is 11.5. The van der Waals surface area contributed by atoms with Crippen molar-refractivity contribution in [3.63, 3.8) is 0 Å². The van der Waals surface area contributed by atoms with Crippen LogP contribution in [0.15, 0.2) is 16.5 Å². The zero-order chi connectivity index (χ0) is 17.2. The van der Waals surface area contributed by atoms with E-state index in [2.05, 4.69) is 19.2 Å². The molecule has 0 aromatic carbocycles. The van der Waals surface area contributed by atoms with Crippen LogP contribution >= 0.6 is 0 Å². The van der Waals surface area contributed by atoms with Crippen molar-refractivity contribution in [1.82, 2.24) is 10.2 Å². The van der Waals surface area contributed by atoms with Gasteiger partial charge < -0.3 is 24.1 Å². The summed E-state index contributed by atoms with van der Waals surface area (Å²) in [6.45, 7) is 6.06. The van der Waals surface area contributed by atoms with E-state index in [-0.39, 0.29) is 23.7 Å². The lowest BCUT2D eigenvalue weighted by molar-refractivity contribution is -0.0616. The number of methoxy groups -OCH3 is 1. The molecule has 1 N–H and O–H groups in total. The maximum absolute atomic E-state index is 12.7. The average molecular weight is 336 g/mol. The van der Waals surface area contributed by atoms with E-state index in [4.69, 9.17) is 13.9 Å². The third kappa shape index (κ3) is 3.92. The Morgan fingerprint density at radius 3 is 3.00 bits per heavy atom. The van der Waals surface area contributed by atoms with E-state index in [1.807, 2.05) is 17.0 Å². The standard InChI is InChI=1S/C18H28N2O4/c1-18(2)11-13(8-10-23-18)19-17(21)20-9-4-5-15(20)16-7-6-14(24-16)12-22-3/h6-7,13,15H,4-5,8-12H2,1-3H3,(H,19,21)/t13-,15+/m0/s1. The van der Waals surface area contributed by atoms with Crippen LogP contribution in [-0.2, 0) is 16.1 Å². The van der Waals surface area contributed by atoms with Crippen molar-refractivity contribution in [2.75, 3.05) is 20.3 Å². The Kier molecular flexibility index (Phi) is 5.15. The Morgan fingerprint density at radius 1 is 1.42 bits per heavy atom. The largest absolute Gasteiger partial charge is 0.461 e. The minimum absolute atomic E-state index is 0.00453. The molecule has 2 fully saturated rings. The first-order valence-electron chi connectivity index (χ1n) is 8.77. The average Bonchev–Trinajstić information content (AvgIpc) is 3.14. The Hall–Kier alpha value is -1.53. The van der Waals surface area contributed by atoms with Gasteiger partial charge in [0.15, 0.2) is 0 Å². The summed E-state index contributed by atoms with van der Waals surface area (Å²) in [4.78, 5) is 14.6. The number of rotatable bonds is 4. The summed E-state index contributed by atoms with van der Waals surface area (Å²) in [7, 11) is 1.65. The van der Waals surface area contributed by atoms with Crippen LogP contribution in [-0.4, -0.2) is 42.8 Å². The molecule has 2 aliphatic rings. The molecular weight excluding hydrogens is 308 g/mol. The smallest absolute Gasteiger partial charge is 0.318 e. The summed E-state index contributed by atoms with van der Waals surface area (Å²) in [6, 6.07) is 4.08. The fourth-order valence-electron chi connectivity index (χ4n) is 3.71. The van der Waals surface area contributed by atoms with Crippen LogP contribution in [0.1, 0.15) is 57.1 Å². The molecule has 0 radical (unpaired) electrons. The topological polar surface area (TPSA) is 63.9 Å². The Labute approximate surface area is 143 Å². The third-order valence-corrected chi connectivity index (χ3v) is 4.84. The molecule has 2 amide bonds. The summed E-state index contributed by atoms with van der Waals surface area (Å²) >= 11 is 0. The minimum Gasteiger partial charge on any atom is -0.461 e. The highest BCUT2D eigenvalue weighted by molar-refractivity contribution is 5.75. The van der Waals surface area contributed by atoms with Crippen molar-refractivity contribution in [3.05, 3.63) is 23.7 Å². The zero-order valence-electron chi connectivity index (χ0n) is 14.8. The predicted molar refractivity (Wildman–Crippen MR) is 89.7 cm³/mol. The van der Waals surface area contributed by atoms with Gasteiger partial charge in [0, 0.05) is 26.3 Å². The predicted octanol–water partition coefficient (Wildman–Crippen LogP) is 3.23. The van der Waals surface area contributed by atoms with E-state index < -0.39 is 0 Å². The number of carbonyl (C=O) groups excluding carboxylic acids is 1. The van der Waals surface area contributed by atoms with Gasteiger partial charge in [0.2, 0.25) is 0 Å². The maximum atomic E-state index is 12.7. The van der Waals surface area contributed by atoms with Crippen LogP contribution in [0.2, 0.25) is 0 Å². The highest BCUT2D eigenvalue weighted by atomic mass is 16.5. The lowest BCUT2D eigenvalue weighted by Gasteiger charge is -2.37. The summed E-state index contributed by atoms with van der Waals surface area (Å²) in [5, 5.41) is 3.19. The number of hydrogen-bond acceptors (Lipinski definition) is 4. The number of urea groups is 1. The quantitative estimate of drug-likeness (QED) is 0.917. The molecule has 1 aromatic heterocycles. The van der Waals surface area contributed by atoms with Crippen LogP contribution in [0.3, 0.4) is 0 Å². The lowest BCUT2D eigenvalue weighted by atomic mass is 9.94. The van der Waals surface area contributed by atoms with Crippen molar-refractivity contribution in [2.45, 2.75) is 63.8 Å². The second-order valence-corrected chi connectivity index (χ2v) is 7.34. The number of hydrogen-bond donors (Lipinski definition) is 1. The van der Waals surface area contributed by atoms with Gasteiger partial charge >= 0.3 is 6.03 Å². The van der Waals surface area contributed by atoms with E-state index in [9.17, 15) is 4.79 Å². The molecule has 1 aromatic rings. The minimum atomic E-state index is -0.170. The van der Waals surface area contributed by atoms with Gasteiger partial charge in [0.25, 0.3) is 0 Å². The number of furan rings is 1. The lowest BCUT2D eigenvalue weighted by Crippen LogP contribution is -2.49. The highest BCUT2D eigenvalue weighted by Crippen LogP contribution is 2.33. The summed E-state index contributed by atoms with van der Waals surface area (Å²) in [5.74, 6) is 1.65. The van der Waals surface area contributed by atoms with E-state index in [0.717, 1.165) is 43.7 Å². The van der Waals surface area contributed by atoms with E-state index >= 15 is 0 Å². The van der Waals surface area contributed by atoms with Crippen molar-refractivity contribution in [1.29, 1.82) is 0 Å². The molecule has 2 atom stereocenters. The number of nitrogens with one attached hydrogen (secondary N) is 1. The van der Waals surface area contributed by atoms with Crippen molar-refractivity contribution in [2.24, 2.45) is 0 Å². The molecule has 0 bridgehead atoms. The van der Waals surface area contributed by atoms with E-state index in [1.165, 1.54) is 0 Å². The van der Waals surface area contributed by atoms with Gasteiger partial charge in [-0.25, -0.2) is 4.79 Å². The summed E-state index contributed by atoms with van der Waals surface area (Å²) < 4.78 is 16.7. The van der Waals surface area contributed by atoms with Gasteiger partial charge in [-0.1, -0.05) is 0 Å². The van der Waals surface area contributed by atoms with Crippen molar-refractivity contribution < 1.29 is 18.7 Å². The molecular formula is C18H28N2O4. The molecule has 6 nitrogen and oxygen atoms in total. The van der Waals surface area contributed by atoms with E-state index in [1.54, 1.807) is 7.11 Å². The summed E-state index contributed by atoms with van der Waals surface area (Å²) in [5.41, 5.74) is -0.170. The second kappa shape index (κ2) is 7.15. The molecule has 2 saturated heterocycles. The van der Waals surface area contributed by atoms with Gasteiger partial charge in [-0.2, -0.15) is 0 Å². The van der Waals surface area contributed by atoms with Crippen LogP contribution in [0.25, 0.3) is 0 Å². The van der Waals surface area contributed by atoms with Gasteiger partial charge in [-0.3, -0.25) is 0 Å². The van der Waals surface area contributed by atoms with E-state index in [0.29, 0.717) is 13.2 Å². The Morgan fingerprint density at radius 2 is 2.25 bits per heavy atom. The molecule has 2 aliphatic heterocycles. The zero-order valence-corrected chi connectivity index (χ0v) is 14.8. The molecule has 0 saturated carbocycles. The van der Waals surface area contributed by atoms with Gasteiger partial charge in [0.1, 0.15) is 18.1 Å². The molecule has 3 rings (SSSR count). The van der Waals surface area contributed by atoms with Crippen LogP contribution in [0, 0.1) is 0 Å². The van der Waals surface area contributed by atoms with Crippen molar-refractivity contribution in [3.8, 4) is 0 Å². The SMILES string of the molecule is COCc1ccc([C@H]2CCCN2C(=O)N[C@H]2CCOC(C)(C)C2)o1. The normalized spacial score (nSPS) is 26.5. The van der Waals surface area contributed by atoms with Gasteiger partial charge in [-0.05, 0) is 51.7 Å². The monoisotopic (exact) mass is 336 g/mol. The van der Waals surface area contributed by atoms with Crippen LogP contribution in [0.5, 0.6) is 0 Å². The molecule has 0 aliphatic carbocycles. The molecule has 0 spiro atoms. The first-order valence-corrected chi connectivity index (χ1v) is 8.77. The number of ether oxygens (including phenoxy) is 2. The van der Waals surface area contributed by atoms with Crippen molar-refractivity contribution >= 4 is 6.03 Å². The Balaban J connectivity index is 1.62.